The van der Waals surface area contributed by atoms with E-state index in [4.69, 9.17) is 20.9 Å². The van der Waals surface area contributed by atoms with Gasteiger partial charge in [-0.1, -0.05) is 24.3 Å². The van der Waals surface area contributed by atoms with Gasteiger partial charge in [0.15, 0.2) is 0 Å². The second-order valence-electron chi connectivity index (χ2n) is 8.21. The fourth-order valence-electron chi connectivity index (χ4n) is 3.35. The molecule has 0 radical (unpaired) electrons. The normalized spacial score (nSPS) is 11.5. The minimum atomic E-state index is -4.56. The number of amides is 1. The van der Waals surface area contributed by atoms with Crippen LogP contribution < -0.4 is 37.1 Å². The third-order valence-electron chi connectivity index (χ3n) is 5.54. The highest BCUT2D eigenvalue weighted by Crippen LogP contribution is 2.39. The van der Waals surface area contributed by atoms with Gasteiger partial charge in [-0.3, -0.25) is 15.5 Å². The Balaban J connectivity index is 1.81. The Kier molecular flexibility index (Phi) is 8.73. The van der Waals surface area contributed by atoms with Crippen LogP contribution in [0.1, 0.15) is 15.9 Å². The first-order valence-electron chi connectivity index (χ1n) is 11.2. The van der Waals surface area contributed by atoms with Gasteiger partial charge in [0.1, 0.15) is 23.8 Å². The molecular formula is C25H27F4N5O4. The maximum atomic E-state index is 14.7. The van der Waals surface area contributed by atoms with Crippen LogP contribution in [0.15, 0.2) is 60.7 Å². The number of nitrogens with one attached hydrogen (secondary N) is 3. The van der Waals surface area contributed by atoms with Crippen molar-refractivity contribution >= 4 is 28.7 Å². The molecule has 1 amide bonds. The van der Waals surface area contributed by atoms with Crippen LogP contribution in [0, 0.1) is 0 Å². The zero-order valence-corrected chi connectivity index (χ0v) is 20.2. The third kappa shape index (κ3) is 6.68. The number of ether oxygens (including phenoxy) is 2. The summed E-state index contributed by atoms with van der Waals surface area (Å²) in [5.74, 6) is -9.57. The van der Waals surface area contributed by atoms with Gasteiger partial charge >= 0.3 is 11.8 Å². The molecule has 3 aromatic rings. The average molecular weight is 538 g/mol. The number of rotatable bonds is 13. The van der Waals surface area contributed by atoms with Crippen LogP contribution in [-0.2, 0) is 6.61 Å². The summed E-state index contributed by atoms with van der Waals surface area (Å²) in [6, 6.07) is 14.8. The van der Waals surface area contributed by atoms with Crippen LogP contribution in [0.5, 0.6) is 11.5 Å². The van der Waals surface area contributed by atoms with E-state index in [-0.39, 0.29) is 40.7 Å². The lowest BCUT2D eigenvalue weighted by Gasteiger charge is -2.28. The topological polar surface area (TPSA) is 144 Å². The monoisotopic (exact) mass is 537 g/mol. The summed E-state index contributed by atoms with van der Waals surface area (Å²) in [5, 5.41) is 14.0. The molecule has 0 aromatic heterocycles. The molecule has 8 N–H and O–H groups in total. The van der Waals surface area contributed by atoms with Crippen LogP contribution in [-0.4, -0.2) is 43.2 Å². The summed E-state index contributed by atoms with van der Waals surface area (Å²) in [4.78, 5) is 11.7. The lowest BCUT2D eigenvalue weighted by atomic mass is 10.1. The number of primary amides is 1. The van der Waals surface area contributed by atoms with Gasteiger partial charge in [0.05, 0.1) is 37.3 Å². The van der Waals surface area contributed by atoms with Crippen molar-refractivity contribution in [1.82, 2.24) is 0 Å². The van der Waals surface area contributed by atoms with Gasteiger partial charge in [-0.05, 0) is 42.0 Å². The molecule has 3 rings (SSSR count). The van der Waals surface area contributed by atoms with E-state index in [2.05, 4.69) is 10.6 Å². The van der Waals surface area contributed by atoms with E-state index in [1.165, 1.54) is 25.3 Å². The Labute approximate surface area is 215 Å². The molecule has 204 valence electrons. The molecule has 0 saturated carbocycles. The highest BCUT2D eigenvalue weighted by molar-refractivity contribution is 5.96. The van der Waals surface area contributed by atoms with Gasteiger partial charge in [0.25, 0.3) is 0 Å². The summed E-state index contributed by atoms with van der Waals surface area (Å²) >= 11 is 0. The number of methoxy groups -OCH3 is 1. The molecule has 0 fully saturated rings. The van der Waals surface area contributed by atoms with Crippen molar-refractivity contribution in [2.75, 3.05) is 42.0 Å². The number of alkyl halides is 4. The van der Waals surface area contributed by atoms with Crippen LogP contribution in [0.4, 0.5) is 40.3 Å². The molecule has 0 aliphatic heterocycles. The van der Waals surface area contributed by atoms with Crippen molar-refractivity contribution < 1.29 is 37.0 Å². The largest absolute Gasteiger partial charge is 0.497 e. The Hall–Kier alpha value is -4.39. The van der Waals surface area contributed by atoms with Crippen LogP contribution >= 0.6 is 0 Å². The number of anilines is 4. The predicted octanol–water partition coefficient (Wildman–Crippen LogP) is 4.55. The minimum Gasteiger partial charge on any atom is -0.497 e. The number of benzene rings is 3. The van der Waals surface area contributed by atoms with Crippen LogP contribution in [0.25, 0.3) is 0 Å². The Morgan fingerprint density at radius 3 is 2.16 bits per heavy atom. The zero-order chi connectivity index (χ0) is 27.9. The van der Waals surface area contributed by atoms with Crippen molar-refractivity contribution in [2.45, 2.75) is 18.5 Å². The van der Waals surface area contributed by atoms with E-state index in [0.29, 0.717) is 11.3 Å². The van der Waals surface area contributed by atoms with E-state index in [1.54, 1.807) is 35.8 Å². The molecular weight excluding hydrogens is 510 g/mol. The number of hydrogen-bond acceptors (Lipinski definition) is 8. The summed E-state index contributed by atoms with van der Waals surface area (Å²) in [7, 11) is 1.49. The van der Waals surface area contributed by atoms with E-state index >= 15 is 0 Å². The molecule has 9 nitrogen and oxygen atoms in total. The van der Waals surface area contributed by atoms with Crippen molar-refractivity contribution in [1.29, 1.82) is 0 Å². The summed E-state index contributed by atoms with van der Waals surface area (Å²) in [6.45, 7) is -3.04. The van der Waals surface area contributed by atoms with Crippen LogP contribution in [0.2, 0.25) is 0 Å². The van der Waals surface area contributed by atoms with Crippen molar-refractivity contribution in [3.8, 4) is 11.5 Å². The van der Waals surface area contributed by atoms with E-state index in [1.807, 2.05) is 0 Å². The zero-order valence-electron chi connectivity index (χ0n) is 20.2. The van der Waals surface area contributed by atoms with Gasteiger partial charge in [0.2, 0.25) is 5.91 Å². The highest BCUT2D eigenvalue weighted by Gasteiger charge is 2.55. The number of carbonyl (C=O) groups excluding carboxylic acids is 1. The van der Waals surface area contributed by atoms with E-state index in [0.717, 1.165) is 12.1 Å². The van der Waals surface area contributed by atoms with Crippen LogP contribution in [0.3, 0.4) is 0 Å². The maximum Gasteiger partial charge on any atom is 0.328 e. The molecule has 0 unspecified atom stereocenters. The molecule has 3 aromatic carbocycles. The maximum absolute atomic E-state index is 14.7. The quantitative estimate of drug-likeness (QED) is 0.106. The second-order valence-corrected chi connectivity index (χ2v) is 8.21. The highest BCUT2D eigenvalue weighted by atomic mass is 19.3. The Morgan fingerprint density at radius 2 is 1.58 bits per heavy atom. The molecule has 0 aliphatic carbocycles. The van der Waals surface area contributed by atoms with Crippen molar-refractivity contribution in [3.63, 3.8) is 0 Å². The first kappa shape index (κ1) is 28.2. The summed E-state index contributed by atoms with van der Waals surface area (Å²) in [5.41, 5.74) is 12.9. The number of halogens is 4. The molecule has 0 saturated heterocycles. The second kappa shape index (κ2) is 11.8. The Bertz CT molecular complexity index is 1260. The molecule has 0 bridgehead atoms. The van der Waals surface area contributed by atoms with Gasteiger partial charge in [0, 0.05) is 5.56 Å². The van der Waals surface area contributed by atoms with Gasteiger partial charge in [-0.25, -0.2) is 0 Å². The third-order valence-corrected chi connectivity index (χ3v) is 5.54. The fraction of sp³-hybridized carbons (Fsp3) is 0.240. The summed E-state index contributed by atoms with van der Waals surface area (Å²) < 4.78 is 69.2. The number of carbonyl (C=O) groups is 1. The number of para-hydroxylation sites is 2. The van der Waals surface area contributed by atoms with E-state index < -0.39 is 30.8 Å². The lowest BCUT2D eigenvalue weighted by Crippen LogP contribution is -2.50. The lowest BCUT2D eigenvalue weighted by molar-refractivity contribution is -0.191. The predicted molar refractivity (Wildman–Crippen MR) is 135 cm³/mol. The molecule has 13 heteroatoms. The van der Waals surface area contributed by atoms with Gasteiger partial charge < -0.3 is 31.6 Å². The minimum absolute atomic E-state index is 0.0824. The first-order chi connectivity index (χ1) is 18.0. The Morgan fingerprint density at radius 1 is 0.947 bits per heavy atom. The first-order valence-corrected chi connectivity index (χ1v) is 11.2. The average Bonchev–Trinajstić information content (AvgIpc) is 2.90. The van der Waals surface area contributed by atoms with Gasteiger partial charge in [-0.15, -0.1) is 0 Å². The molecule has 0 heterocycles. The van der Waals surface area contributed by atoms with Crippen molar-refractivity contribution in [3.05, 3.63) is 71.8 Å². The SMILES string of the molecule is COc1ccc(COc2cc(C(N)=O)cc(NO)c2NCC(F)(F)C(F)(F)CNc2ccccc2N)cc1. The number of hydrogen-bond donors (Lipinski definition) is 6. The fourth-order valence-corrected chi connectivity index (χ4v) is 3.35. The standard InChI is InChI=1S/C25H27F4N5O4/c1-37-17-8-6-15(7-9-17)12-38-21-11-16(23(31)35)10-20(34-36)22(21)33-14-25(28,29)24(26,27)13-32-19-5-3-2-4-18(19)30/h2-11,32-34,36H,12-14,30H2,1H3,(H2,31,35). The number of nitrogen functional groups attached to an aromatic ring is 1. The number of nitrogens with two attached hydrogens (primary N) is 2. The molecule has 0 atom stereocenters. The van der Waals surface area contributed by atoms with Crippen molar-refractivity contribution in [2.24, 2.45) is 5.73 Å². The summed E-state index contributed by atoms with van der Waals surface area (Å²) in [6.07, 6.45) is 0. The molecule has 0 spiro atoms. The van der Waals surface area contributed by atoms with Gasteiger partial charge in [-0.2, -0.15) is 17.6 Å². The molecule has 38 heavy (non-hydrogen) atoms. The van der Waals surface area contributed by atoms with E-state index in [9.17, 15) is 27.6 Å². The molecule has 0 aliphatic rings. The smallest absolute Gasteiger partial charge is 0.328 e.